The van der Waals surface area contributed by atoms with Gasteiger partial charge in [-0.05, 0) is 17.7 Å². The Bertz CT molecular complexity index is 512. The summed E-state index contributed by atoms with van der Waals surface area (Å²) < 4.78 is 15.9. The second-order valence-corrected chi connectivity index (χ2v) is 5.73. The van der Waals surface area contributed by atoms with Gasteiger partial charge in [0.2, 0.25) is 5.91 Å². The van der Waals surface area contributed by atoms with E-state index in [9.17, 15) is 4.79 Å². The minimum Gasteiger partial charge on any atom is -0.382 e. The van der Waals surface area contributed by atoms with Crippen LogP contribution in [0.4, 0.5) is 0 Å². The number of nitrogens with zero attached hydrogens (tertiary/aromatic N) is 1. The Kier molecular flexibility index (Phi) is 6.92. The van der Waals surface area contributed by atoms with Crippen molar-refractivity contribution in [2.24, 2.45) is 0 Å². The third kappa shape index (κ3) is 4.83. The summed E-state index contributed by atoms with van der Waals surface area (Å²) in [6.45, 7) is 2.45. The van der Waals surface area contributed by atoms with Gasteiger partial charge in [-0.1, -0.05) is 29.3 Å². The van der Waals surface area contributed by atoms with Crippen LogP contribution in [-0.2, 0) is 19.0 Å². The first kappa shape index (κ1) is 17.5. The van der Waals surface area contributed by atoms with Gasteiger partial charge in [-0.25, -0.2) is 0 Å². The van der Waals surface area contributed by atoms with Crippen LogP contribution in [0.3, 0.4) is 0 Å². The Hall–Kier alpha value is -0.850. The van der Waals surface area contributed by atoms with E-state index in [4.69, 9.17) is 37.4 Å². The van der Waals surface area contributed by atoms with Crippen molar-refractivity contribution in [3.63, 3.8) is 0 Å². The zero-order chi connectivity index (χ0) is 15.9. The number of carbonyl (C=O) groups is 1. The zero-order valence-corrected chi connectivity index (χ0v) is 13.9. The first-order valence-corrected chi connectivity index (χ1v) is 7.78. The molecule has 0 radical (unpaired) electrons. The second kappa shape index (κ2) is 8.70. The predicted octanol–water partition coefficient (Wildman–Crippen LogP) is 2.56. The normalized spacial score (nSPS) is 18.5. The topological polar surface area (TPSA) is 48.0 Å². The molecule has 1 aromatic carbocycles. The van der Waals surface area contributed by atoms with Crippen molar-refractivity contribution in [3.8, 4) is 0 Å². The van der Waals surface area contributed by atoms with Gasteiger partial charge in [0.1, 0.15) is 12.7 Å². The van der Waals surface area contributed by atoms with Crippen LogP contribution in [0.15, 0.2) is 18.2 Å². The maximum Gasteiger partial charge on any atom is 0.248 e. The molecule has 1 heterocycles. The molecular weight excluding hydrogens is 329 g/mol. The predicted molar refractivity (Wildman–Crippen MR) is 84.4 cm³/mol. The van der Waals surface area contributed by atoms with Crippen LogP contribution in [0.1, 0.15) is 11.7 Å². The summed E-state index contributed by atoms with van der Waals surface area (Å²) in [4.78, 5) is 13.9. The fourth-order valence-corrected chi connectivity index (χ4v) is 2.49. The van der Waals surface area contributed by atoms with Crippen molar-refractivity contribution < 1.29 is 19.0 Å². The third-order valence-electron chi connectivity index (χ3n) is 3.39. The number of amides is 1. The zero-order valence-electron chi connectivity index (χ0n) is 12.4. The molecule has 1 aromatic rings. The Balaban J connectivity index is 1.90. The quantitative estimate of drug-likeness (QED) is 0.742. The van der Waals surface area contributed by atoms with E-state index in [1.54, 1.807) is 24.1 Å². The van der Waals surface area contributed by atoms with Crippen LogP contribution >= 0.6 is 23.2 Å². The third-order valence-corrected chi connectivity index (χ3v) is 4.13. The second-order valence-electron chi connectivity index (χ2n) is 4.92. The lowest BCUT2D eigenvalue weighted by Gasteiger charge is -2.33. The first-order valence-electron chi connectivity index (χ1n) is 7.03. The van der Waals surface area contributed by atoms with Gasteiger partial charge < -0.3 is 19.1 Å². The molecule has 1 fully saturated rings. The maximum atomic E-state index is 12.1. The molecule has 1 unspecified atom stereocenters. The van der Waals surface area contributed by atoms with Crippen LogP contribution in [0.5, 0.6) is 0 Å². The van der Waals surface area contributed by atoms with Gasteiger partial charge in [-0.3, -0.25) is 4.79 Å². The number of methoxy groups -OCH3 is 1. The summed E-state index contributed by atoms with van der Waals surface area (Å²) in [6, 6.07) is 5.37. The fourth-order valence-electron chi connectivity index (χ4n) is 2.18. The van der Waals surface area contributed by atoms with E-state index in [0.29, 0.717) is 43.0 Å². The van der Waals surface area contributed by atoms with Gasteiger partial charge in [0, 0.05) is 13.7 Å². The molecule has 1 aliphatic heterocycles. The van der Waals surface area contributed by atoms with Gasteiger partial charge in [-0.15, -0.1) is 0 Å². The summed E-state index contributed by atoms with van der Waals surface area (Å²) in [5.74, 6) is -0.0514. The largest absolute Gasteiger partial charge is 0.382 e. The van der Waals surface area contributed by atoms with Crippen molar-refractivity contribution in [1.82, 2.24) is 4.90 Å². The van der Waals surface area contributed by atoms with Gasteiger partial charge in [-0.2, -0.15) is 0 Å². The number of hydrogen-bond acceptors (Lipinski definition) is 4. The molecule has 122 valence electrons. The standard InChI is InChI=1S/C15H19Cl2NO4/c1-20-6-7-21-10-15(19)18-4-5-22-14(9-18)11-2-3-12(16)13(17)8-11/h2-3,8,14H,4-7,9-10H2,1H3. The molecule has 0 bridgehead atoms. The molecule has 0 aromatic heterocycles. The molecule has 1 aliphatic rings. The van der Waals surface area contributed by atoms with Crippen LogP contribution in [0, 0.1) is 0 Å². The minimum atomic E-state index is -0.202. The molecule has 1 amide bonds. The van der Waals surface area contributed by atoms with E-state index < -0.39 is 0 Å². The lowest BCUT2D eigenvalue weighted by Crippen LogP contribution is -2.44. The van der Waals surface area contributed by atoms with E-state index >= 15 is 0 Å². The summed E-state index contributed by atoms with van der Waals surface area (Å²) in [5.41, 5.74) is 0.909. The number of ether oxygens (including phenoxy) is 3. The molecule has 1 saturated heterocycles. The molecule has 0 saturated carbocycles. The molecule has 5 nitrogen and oxygen atoms in total. The van der Waals surface area contributed by atoms with E-state index in [0.717, 1.165) is 5.56 Å². The highest BCUT2D eigenvalue weighted by Crippen LogP contribution is 2.29. The highest BCUT2D eigenvalue weighted by atomic mass is 35.5. The van der Waals surface area contributed by atoms with Crippen LogP contribution in [0.2, 0.25) is 10.0 Å². The van der Waals surface area contributed by atoms with Gasteiger partial charge in [0.05, 0.1) is 36.4 Å². The number of benzene rings is 1. The summed E-state index contributed by atoms with van der Waals surface area (Å²) in [7, 11) is 1.59. The molecule has 1 atom stereocenters. The van der Waals surface area contributed by atoms with Gasteiger partial charge >= 0.3 is 0 Å². The van der Waals surface area contributed by atoms with Crippen LogP contribution < -0.4 is 0 Å². The monoisotopic (exact) mass is 347 g/mol. The number of rotatable bonds is 6. The smallest absolute Gasteiger partial charge is 0.248 e. The Morgan fingerprint density at radius 1 is 1.36 bits per heavy atom. The summed E-state index contributed by atoms with van der Waals surface area (Å²) >= 11 is 11.9. The van der Waals surface area contributed by atoms with E-state index in [1.165, 1.54) is 0 Å². The Morgan fingerprint density at radius 2 is 2.18 bits per heavy atom. The number of morpholine rings is 1. The van der Waals surface area contributed by atoms with Gasteiger partial charge in [0.25, 0.3) is 0 Å². The molecule has 0 N–H and O–H groups in total. The van der Waals surface area contributed by atoms with Crippen LogP contribution in [0.25, 0.3) is 0 Å². The number of carbonyl (C=O) groups excluding carboxylic acids is 1. The van der Waals surface area contributed by atoms with Crippen molar-refractivity contribution >= 4 is 29.1 Å². The molecule has 7 heteroatoms. The molecule has 0 aliphatic carbocycles. The summed E-state index contributed by atoms with van der Waals surface area (Å²) in [6.07, 6.45) is -0.202. The lowest BCUT2D eigenvalue weighted by molar-refractivity contribution is -0.144. The first-order chi connectivity index (χ1) is 10.6. The number of hydrogen-bond donors (Lipinski definition) is 0. The lowest BCUT2D eigenvalue weighted by atomic mass is 10.1. The van der Waals surface area contributed by atoms with Crippen molar-refractivity contribution in [2.75, 3.05) is 46.6 Å². The van der Waals surface area contributed by atoms with Gasteiger partial charge in [0.15, 0.2) is 0 Å². The Morgan fingerprint density at radius 3 is 2.91 bits per heavy atom. The highest BCUT2D eigenvalue weighted by Gasteiger charge is 2.25. The number of halogens is 2. The fraction of sp³-hybridized carbons (Fsp3) is 0.533. The maximum absolute atomic E-state index is 12.1. The van der Waals surface area contributed by atoms with Crippen molar-refractivity contribution in [2.45, 2.75) is 6.10 Å². The summed E-state index contributed by atoms with van der Waals surface area (Å²) in [5, 5.41) is 0.981. The van der Waals surface area contributed by atoms with E-state index in [1.807, 2.05) is 6.07 Å². The molecule has 2 rings (SSSR count). The highest BCUT2D eigenvalue weighted by molar-refractivity contribution is 6.42. The molecular formula is C15H19Cl2NO4. The minimum absolute atomic E-state index is 0.0514. The average molecular weight is 348 g/mol. The van der Waals surface area contributed by atoms with E-state index in [-0.39, 0.29) is 18.6 Å². The average Bonchev–Trinajstić information content (AvgIpc) is 2.54. The van der Waals surface area contributed by atoms with Crippen molar-refractivity contribution in [3.05, 3.63) is 33.8 Å². The SMILES string of the molecule is COCCOCC(=O)N1CCOC(c2ccc(Cl)c(Cl)c2)C1. The molecule has 22 heavy (non-hydrogen) atoms. The molecule has 0 spiro atoms. The van der Waals surface area contributed by atoms with Crippen molar-refractivity contribution in [1.29, 1.82) is 0 Å². The Labute approximate surface area is 140 Å². The van der Waals surface area contributed by atoms with Crippen LogP contribution in [-0.4, -0.2) is 57.4 Å². The van der Waals surface area contributed by atoms with E-state index in [2.05, 4.69) is 0 Å².